The first-order valence-electron chi connectivity index (χ1n) is 8.88. The number of aromatic nitrogens is 2. The first kappa shape index (κ1) is 18.8. The molecule has 1 fully saturated rings. The Hall–Kier alpha value is -1.99. The summed E-state index contributed by atoms with van der Waals surface area (Å²) < 4.78 is 5.23. The van der Waals surface area contributed by atoms with Crippen molar-refractivity contribution in [3.8, 4) is 5.75 Å². The molecule has 1 saturated heterocycles. The topological polar surface area (TPSA) is 67.3 Å². The van der Waals surface area contributed by atoms with Gasteiger partial charge < -0.3 is 4.74 Å². The van der Waals surface area contributed by atoms with Crippen molar-refractivity contribution in [2.45, 2.75) is 45.1 Å². The van der Waals surface area contributed by atoms with Gasteiger partial charge in [0.25, 0.3) is 0 Å². The number of anilines is 1. The van der Waals surface area contributed by atoms with Crippen molar-refractivity contribution < 1.29 is 9.53 Å². The molecule has 0 aliphatic carbocycles. The molecule has 1 amide bonds. The van der Waals surface area contributed by atoms with Gasteiger partial charge in [-0.2, -0.15) is 0 Å². The number of likely N-dealkylation sites (tertiary alicyclic amines) is 1. The summed E-state index contributed by atoms with van der Waals surface area (Å²) in [6, 6.07) is 8.38. The van der Waals surface area contributed by atoms with Crippen LogP contribution < -0.4 is 10.1 Å². The van der Waals surface area contributed by atoms with E-state index in [9.17, 15) is 4.79 Å². The second-order valence-electron chi connectivity index (χ2n) is 7.61. The molecule has 2 heterocycles. The van der Waals surface area contributed by atoms with E-state index in [4.69, 9.17) is 4.74 Å². The van der Waals surface area contributed by atoms with E-state index in [2.05, 4.69) is 53.3 Å². The number of rotatable bonds is 5. The lowest BCUT2D eigenvalue weighted by atomic mass is 9.98. The smallest absolute Gasteiger partial charge is 0.240 e. The van der Waals surface area contributed by atoms with E-state index < -0.39 is 0 Å². The van der Waals surface area contributed by atoms with Gasteiger partial charge in [-0.05, 0) is 37.1 Å². The van der Waals surface area contributed by atoms with Gasteiger partial charge in [0.2, 0.25) is 11.0 Å². The highest BCUT2D eigenvalue weighted by atomic mass is 32.1. The third-order valence-corrected chi connectivity index (χ3v) is 5.79. The van der Waals surface area contributed by atoms with Gasteiger partial charge in [0.05, 0.1) is 13.7 Å². The number of ether oxygens (including phenoxy) is 1. The summed E-state index contributed by atoms with van der Waals surface area (Å²) in [5, 5.41) is 12.7. The fourth-order valence-corrected chi connectivity index (χ4v) is 3.96. The van der Waals surface area contributed by atoms with Crippen LogP contribution in [0.15, 0.2) is 24.3 Å². The summed E-state index contributed by atoms with van der Waals surface area (Å²) in [5.74, 6) is 0.809. The van der Waals surface area contributed by atoms with Crippen LogP contribution in [0.2, 0.25) is 0 Å². The first-order valence-corrected chi connectivity index (χ1v) is 9.70. The minimum absolute atomic E-state index is 0.0398. The molecular formula is C19H26N4O2S. The molecule has 0 spiro atoms. The van der Waals surface area contributed by atoms with Crippen LogP contribution in [0.25, 0.3) is 0 Å². The number of amides is 1. The zero-order valence-electron chi connectivity index (χ0n) is 15.8. The Kier molecular flexibility index (Phi) is 5.58. The second-order valence-corrected chi connectivity index (χ2v) is 8.59. The lowest BCUT2D eigenvalue weighted by Crippen LogP contribution is -2.32. The molecule has 1 aliphatic heterocycles. The van der Waals surface area contributed by atoms with E-state index in [1.807, 2.05) is 12.1 Å². The SMILES string of the molecule is COc1ccc([C@H]2CCCN2CC(=O)Nc2nnc(C(C)(C)C)s2)cc1. The molecule has 1 N–H and O–H groups in total. The highest BCUT2D eigenvalue weighted by molar-refractivity contribution is 7.15. The van der Waals surface area contributed by atoms with Crippen molar-refractivity contribution in [1.29, 1.82) is 0 Å². The summed E-state index contributed by atoms with van der Waals surface area (Å²) in [7, 11) is 1.67. The maximum atomic E-state index is 12.5. The van der Waals surface area contributed by atoms with Crippen molar-refractivity contribution in [2.75, 3.05) is 25.5 Å². The Morgan fingerprint density at radius 2 is 2.04 bits per heavy atom. The Labute approximate surface area is 158 Å². The van der Waals surface area contributed by atoms with Gasteiger partial charge in [-0.25, -0.2) is 0 Å². The van der Waals surface area contributed by atoms with Crippen LogP contribution in [0.4, 0.5) is 5.13 Å². The van der Waals surface area contributed by atoms with Gasteiger partial charge in [0.15, 0.2) is 0 Å². The predicted molar refractivity (Wildman–Crippen MR) is 104 cm³/mol. The predicted octanol–water partition coefficient (Wildman–Crippen LogP) is 3.62. The third-order valence-electron chi connectivity index (χ3n) is 4.52. The number of nitrogens with one attached hydrogen (secondary N) is 1. The Balaban J connectivity index is 1.61. The van der Waals surface area contributed by atoms with Crippen LogP contribution in [-0.2, 0) is 10.2 Å². The van der Waals surface area contributed by atoms with E-state index in [0.717, 1.165) is 30.1 Å². The molecule has 140 valence electrons. The number of benzene rings is 1. The van der Waals surface area contributed by atoms with Crippen LogP contribution >= 0.6 is 11.3 Å². The molecule has 0 bridgehead atoms. The molecule has 0 radical (unpaired) electrons. The zero-order valence-corrected chi connectivity index (χ0v) is 16.6. The molecule has 1 aromatic carbocycles. The molecule has 2 aromatic rings. The first-order chi connectivity index (χ1) is 12.4. The highest BCUT2D eigenvalue weighted by Gasteiger charge is 2.28. The van der Waals surface area contributed by atoms with Gasteiger partial charge >= 0.3 is 0 Å². The average molecular weight is 375 g/mol. The number of nitrogens with zero attached hydrogens (tertiary/aromatic N) is 3. The van der Waals surface area contributed by atoms with E-state index in [1.165, 1.54) is 16.9 Å². The van der Waals surface area contributed by atoms with E-state index >= 15 is 0 Å². The summed E-state index contributed by atoms with van der Waals surface area (Å²) in [6.45, 7) is 7.54. The fourth-order valence-electron chi connectivity index (χ4n) is 3.14. The lowest BCUT2D eigenvalue weighted by molar-refractivity contribution is -0.117. The molecule has 1 atom stereocenters. The van der Waals surface area contributed by atoms with Crippen molar-refractivity contribution >= 4 is 22.4 Å². The summed E-state index contributed by atoms with van der Waals surface area (Å²) in [6.07, 6.45) is 2.16. The standard InChI is InChI=1S/C19H26N4O2S/c1-19(2,3)17-21-22-18(26-17)20-16(24)12-23-11-5-6-15(23)13-7-9-14(25-4)10-8-13/h7-10,15H,5-6,11-12H2,1-4H3,(H,20,22,24)/t15-/m1/s1. The molecule has 7 heteroatoms. The third kappa shape index (κ3) is 4.40. The molecule has 6 nitrogen and oxygen atoms in total. The number of hydrogen-bond acceptors (Lipinski definition) is 6. The Bertz CT molecular complexity index is 752. The van der Waals surface area contributed by atoms with E-state index in [-0.39, 0.29) is 17.4 Å². The number of carbonyl (C=O) groups is 1. The zero-order chi connectivity index (χ0) is 18.7. The Morgan fingerprint density at radius 1 is 1.31 bits per heavy atom. The maximum absolute atomic E-state index is 12.5. The van der Waals surface area contributed by atoms with Crippen molar-refractivity contribution in [3.63, 3.8) is 0 Å². The van der Waals surface area contributed by atoms with Crippen LogP contribution in [0.1, 0.15) is 50.2 Å². The van der Waals surface area contributed by atoms with Crippen LogP contribution in [0.5, 0.6) is 5.75 Å². The number of carbonyl (C=O) groups excluding carboxylic acids is 1. The van der Waals surface area contributed by atoms with Gasteiger partial charge in [0.1, 0.15) is 10.8 Å². The summed E-state index contributed by atoms with van der Waals surface area (Å²) in [5.41, 5.74) is 1.16. The van der Waals surface area contributed by atoms with Crippen LogP contribution in [0.3, 0.4) is 0 Å². The Morgan fingerprint density at radius 3 is 2.65 bits per heavy atom. The van der Waals surface area contributed by atoms with Crippen molar-refractivity contribution in [2.24, 2.45) is 0 Å². The van der Waals surface area contributed by atoms with E-state index in [0.29, 0.717) is 11.7 Å². The molecule has 26 heavy (non-hydrogen) atoms. The minimum atomic E-state index is -0.0605. The average Bonchev–Trinajstić information content (AvgIpc) is 3.24. The normalized spacial score (nSPS) is 18.1. The monoisotopic (exact) mass is 374 g/mol. The number of methoxy groups -OCH3 is 1. The van der Waals surface area contributed by atoms with Gasteiger partial charge in [-0.3, -0.25) is 15.0 Å². The van der Waals surface area contributed by atoms with Crippen molar-refractivity contribution in [3.05, 3.63) is 34.8 Å². The van der Waals surface area contributed by atoms with Gasteiger partial charge in [0, 0.05) is 11.5 Å². The quantitative estimate of drug-likeness (QED) is 0.866. The number of hydrogen-bond donors (Lipinski definition) is 1. The van der Waals surface area contributed by atoms with Gasteiger partial charge in [-0.15, -0.1) is 10.2 Å². The molecule has 3 rings (SSSR count). The molecular weight excluding hydrogens is 348 g/mol. The van der Waals surface area contributed by atoms with Crippen molar-refractivity contribution in [1.82, 2.24) is 15.1 Å². The maximum Gasteiger partial charge on any atom is 0.240 e. The summed E-state index contributed by atoms with van der Waals surface area (Å²) in [4.78, 5) is 14.7. The molecule has 1 aliphatic rings. The second kappa shape index (κ2) is 7.72. The molecule has 1 aromatic heterocycles. The van der Waals surface area contributed by atoms with E-state index in [1.54, 1.807) is 7.11 Å². The largest absolute Gasteiger partial charge is 0.497 e. The fraction of sp³-hybridized carbons (Fsp3) is 0.526. The lowest BCUT2D eigenvalue weighted by Gasteiger charge is -2.24. The summed E-state index contributed by atoms with van der Waals surface area (Å²) >= 11 is 1.44. The van der Waals surface area contributed by atoms with Crippen LogP contribution in [-0.4, -0.2) is 41.2 Å². The molecule has 0 unspecified atom stereocenters. The van der Waals surface area contributed by atoms with Crippen LogP contribution in [0, 0.1) is 0 Å². The molecule has 0 saturated carbocycles. The van der Waals surface area contributed by atoms with Gasteiger partial charge in [-0.1, -0.05) is 44.2 Å². The highest BCUT2D eigenvalue weighted by Crippen LogP contribution is 2.33. The minimum Gasteiger partial charge on any atom is -0.497 e.